The fraction of sp³-hybridized carbons (Fsp3) is 0.909. The molecular weight excluding hydrogens is 449 g/mol. The normalized spacial score (nSPS) is 19.7. The van der Waals surface area contributed by atoms with Gasteiger partial charge in [0.25, 0.3) is 0 Å². The standard InChI is InChI=1S/C22H54OSi6/c1-21(2,3)22(26(10,11)12,27(13,14)15)29(23-28(16,17)18)19(24(4,5)6)20(29)25(7,8)9/h1-18H3. The Morgan fingerprint density at radius 2 is 0.828 bits per heavy atom. The zero-order chi connectivity index (χ0) is 23.9. The Morgan fingerprint density at radius 1 is 0.552 bits per heavy atom. The molecule has 0 aromatic heterocycles. The summed E-state index contributed by atoms with van der Waals surface area (Å²) in [4.78, 5) is 3.96. The lowest BCUT2D eigenvalue weighted by molar-refractivity contribution is 0.362. The summed E-state index contributed by atoms with van der Waals surface area (Å²) >= 11 is 0. The second-order valence-electron chi connectivity index (χ2n) is 15.6. The molecule has 1 heterocycles. The van der Waals surface area contributed by atoms with Crippen LogP contribution in [0, 0.1) is 5.41 Å². The van der Waals surface area contributed by atoms with Gasteiger partial charge in [-0.1, -0.05) is 109 Å². The van der Waals surface area contributed by atoms with E-state index in [1.165, 1.54) is 0 Å². The molecule has 0 atom stereocenters. The molecule has 0 amide bonds. The van der Waals surface area contributed by atoms with Crippen molar-refractivity contribution in [3.8, 4) is 0 Å². The lowest BCUT2D eigenvalue weighted by atomic mass is 9.99. The molecule has 1 nitrogen and oxygen atoms in total. The molecule has 0 aromatic carbocycles. The Kier molecular flexibility index (Phi) is 7.01. The molecule has 0 radical (unpaired) electrons. The predicted molar refractivity (Wildman–Crippen MR) is 153 cm³/mol. The molecule has 0 N–H and O–H groups in total. The minimum atomic E-state index is -2.16. The van der Waals surface area contributed by atoms with Gasteiger partial charge in [-0.25, -0.2) is 0 Å². The van der Waals surface area contributed by atoms with Gasteiger partial charge in [-0.15, -0.1) is 0 Å². The highest BCUT2D eigenvalue weighted by Gasteiger charge is 2.82. The average Bonchev–Trinajstić information content (AvgIpc) is 2.88. The molecule has 7 heteroatoms. The van der Waals surface area contributed by atoms with Crippen LogP contribution in [0.5, 0.6) is 0 Å². The minimum Gasteiger partial charge on any atom is -0.450 e. The molecule has 0 aromatic rings. The quantitative estimate of drug-likeness (QED) is 0.317. The van der Waals surface area contributed by atoms with Gasteiger partial charge in [-0.3, -0.25) is 0 Å². The van der Waals surface area contributed by atoms with Crippen LogP contribution < -0.4 is 0 Å². The zero-order valence-corrected chi connectivity index (χ0v) is 29.4. The van der Waals surface area contributed by atoms with Crippen molar-refractivity contribution in [1.29, 1.82) is 0 Å². The summed E-state index contributed by atoms with van der Waals surface area (Å²) in [6, 6.07) is 0. The van der Waals surface area contributed by atoms with E-state index in [0.29, 0.717) is 4.28 Å². The third kappa shape index (κ3) is 4.44. The van der Waals surface area contributed by atoms with Gasteiger partial charge in [0.05, 0.1) is 16.1 Å². The molecule has 0 fully saturated rings. The largest absolute Gasteiger partial charge is 0.450 e. The SMILES string of the molecule is CC(C)(C)C([Si](C)(C)C)([Si](C)(C)C)[Si]1(O[Si](C)(C)C)C([Si](C)(C)C)=C1[Si](C)(C)C. The first kappa shape index (κ1) is 28.0. The highest BCUT2D eigenvalue weighted by atomic mass is 28.5. The van der Waals surface area contributed by atoms with Crippen LogP contribution in [0.25, 0.3) is 0 Å². The van der Waals surface area contributed by atoms with E-state index in [1.807, 2.05) is 9.64 Å². The van der Waals surface area contributed by atoms with E-state index in [0.717, 1.165) is 0 Å². The molecule has 1 aliphatic heterocycles. The van der Waals surface area contributed by atoms with Crippen molar-refractivity contribution >= 4 is 48.9 Å². The van der Waals surface area contributed by atoms with Crippen LogP contribution in [-0.4, -0.2) is 48.9 Å². The maximum Gasteiger partial charge on any atom is 0.229 e. The van der Waals surface area contributed by atoms with Crippen LogP contribution in [0.4, 0.5) is 0 Å². The molecule has 0 spiro atoms. The highest BCUT2D eigenvalue weighted by Crippen LogP contribution is 2.75. The van der Waals surface area contributed by atoms with E-state index in [2.05, 4.69) is 119 Å². The van der Waals surface area contributed by atoms with E-state index in [4.69, 9.17) is 4.12 Å². The summed E-state index contributed by atoms with van der Waals surface area (Å²) in [5, 5.41) is 0. The molecule has 0 saturated heterocycles. The van der Waals surface area contributed by atoms with Gasteiger partial charge < -0.3 is 4.12 Å². The van der Waals surface area contributed by atoms with Crippen molar-refractivity contribution in [3.05, 3.63) is 9.64 Å². The van der Waals surface area contributed by atoms with Crippen molar-refractivity contribution in [3.63, 3.8) is 0 Å². The van der Waals surface area contributed by atoms with E-state index >= 15 is 0 Å². The summed E-state index contributed by atoms with van der Waals surface area (Å²) in [5.74, 6) is 0. The first-order valence-corrected chi connectivity index (χ1v) is 31.0. The molecule has 172 valence electrons. The fourth-order valence-corrected chi connectivity index (χ4v) is 60.0. The summed E-state index contributed by atoms with van der Waals surface area (Å²) in [6.45, 7) is 47.0. The van der Waals surface area contributed by atoms with E-state index in [1.54, 1.807) is 0 Å². The van der Waals surface area contributed by atoms with Gasteiger partial charge in [0.2, 0.25) is 8.32 Å². The van der Waals surface area contributed by atoms with Crippen LogP contribution in [0.3, 0.4) is 0 Å². The van der Waals surface area contributed by atoms with Gasteiger partial charge in [0.15, 0.2) is 8.32 Å². The predicted octanol–water partition coefficient (Wildman–Crippen LogP) is 8.47. The topological polar surface area (TPSA) is 9.23 Å². The van der Waals surface area contributed by atoms with E-state index in [9.17, 15) is 0 Å². The van der Waals surface area contributed by atoms with Crippen molar-refractivity contribution in [2.45, 2.75) is 123 Å². The Balaban J connectivity index is 4.27. The molecular formula is C22H54OSi6. The first-order chi connectivity index (χ1) is 12.2. The Labute approximate surface area is 190 Å². The monoisotopic (exact) mass is 502 g/mol. The van der Waals surface area contributed by atoms with Crippen molar-refractivity contribution in [2.75, 3.05) is 0 Å². The first-order valence-electron chi connectivity index (χ1n) is 11.7. The fourth-order valence-electron chi connectivity index (χ4n) is 8.04. The van der Waals surface area contributed by atoms with Gasteiger partial charge in [-0.05, 0) is 29.3 Å². The number of hydrogen-bond acceptors (Lipinski definition) is 1. The number of hydrogen-bond donors (Lipinski definition) is 0. The molecule has 1 rings (SSSR count). The van der Waals surface area contributed by atoms with E-state index < -0.39 is 48.9 Å². The average molecular weight is 503 g/mol. The van der Waals surface area contributed by atoms with Gasteiger partial charge in [-0.2, -0.15) is 0 Å². The Bertz CT molecular complexity index is 607. The van der Waals surface area contributed by atoms with Crippen molar-refractivity contribution < 1.29 is 4.12 Å². The van der Waals surface area contributed by atoms with Crippen molar-refractivity contribution in [2.24, 2.45) is 5.41 Å². The molecule has 0 bridgehead atoms. The van der Waals surface area contributed by atoms with E-state index in [-0.39, 0.29) is 5.41 Å². The summed E-state index contributed by atoms with van der Waals surface area (Å²) < 4.78 is 8.21. The Hall–Kier alpha value is 1.00. The van der Waals surface area contributed by atoms with Crippen molar-refractivity contribution in [1.82, 2.24) is 0 Å². The molecule has 0 aliphatic carbocycles. The molecule has 29 heavy (non-hydrogen) atoms. The number of rotatable bonds is 7. The third-order valence-corrected chi connectivity index (χ3v) is 41.9. The summed E-state index contributed by atoms with van der Waals surface area (Å²) in [5.41, 5.74) is 0.278. The van der Waals surface area contributed by atoms with Crippen LogP contribution in [0.15, 0.2) is 9.64 Å². The smallest absolute Gasteiger partial charge is 0.229 e. The molecule has 0 unspecified atom stereocenters. The van der Waals surface area contributed by atoms with Crippen LogP contribution in [0.1, 0.15) is 20.8 Å². The molecule has 0 saturated carbocycles. The van der Waals surface area contributed by atoms with Crippen LogP contribution in [0.2, 0.25) is 102 Å². The van der Waals surface area contributed by atoms with Gasteiger partial charge >= 0.3 is 0 Å². The third-order valence-electron chi connectivity index (χ3n) is 6.75. The lowest BCUT2D eigenvalue weighted by Crippen LogP contribution is -2.74. The zero-order valence-electron chi connectivity index (χ0n) is 23.4. The maximum atomic E-state index is 7.80. The maximum absolute atomic E-state index is 7.80. The second-order valence-corrected chi connectivity index (χ2v) is 46.8. The lowest BCUT2D eigenvalue weighted by Gasteiger charge is -2.65. The minimum absolute atomic E-state index is 0.278. The van der Waals surface area contributed by atoms with Gasteiger partial charge in [0, 0.05) is 16.1 Å². The van der Waals surface area contributed by atoms with Crippen LogP contribution in [-0.2, 0) is 4.12 Å². The van der Waals surface area contributed by atoms with Crippen LogP contribution >= 0.6 is 0 Å². The Morgan fingerprint density at radius 3 is 0.966 bits per heavy atom. The molecule has 1 aliphatic rings. The van der Waals surface area contributed by atoms with Gasteiger partial charge in [0.1, 0.15) is 0 Å². The highest BCUT2D eigenvalue weighted by molar-refractivity contribution is 7.36. The second kappa shape index (κ2) is 7.25. The summed E-state index contributed by atoms with van der Waals surface area (Å²) in [6.07, 6.45) is 0. The summed E-state index contributed by atoms with van der Waals surface area (Å²) in [7, 11) is -9.99.